The maximum absolute atomic E-state index is 12.7. The van der Waals surface area contributed by atoms with Crippen LogP contribution in [-0.4, -0.2) is 64.2 Å². The molecular formula is C20H26N4O4S2. The van der Waals surface area contributed by atoms with Gasteiger partial charge in [0.2, 0.25) is 10.0 Å². The average Bonchev–Trinajstić information content (AvgIpc) is 3.24. The average molecular weight is 451 g/mol. The molecule has 0 unspecified atom stereocenters. The predicted molar refractivity (Wildman–Crippen MR) is 119 cm³/mol. The molecule has 1 saturated heterocycles. The molecule has 0 spiro atoms. The summed E-state index contributed by atoms with van der Waals surface area (Å²) in [7, 11) is -3.63. The molecule has 2 aromatic rings. The fraction of sp³-hybridized carbons (Fsp3) is 0.400. The first-order valence-corrected chi connectivity index (χ1v) is 12.1. The van der Waals surface area contributed by atoms with Gasteiger partial charge in [-0.2, -0.15) is 9.41 Å². The Labute approximate surface area is 181 Å². The number of ether oxygens (including phenoxy) is 1. The number of nitrogens with zero attached hydrogens (tertiary/aromatic N) is 3. The van der Waals surface area contributed by atoms with Gasteiger partial charge in [0.1, 0.15) is 0 Å². The molecule has 3 rings (SSSR count). The number of anilines is 1. The molecule has 30 heavy (non-hydrogen) atoms. The summed E-state index contributed by atoms with van der Waals surface area (Å²) >= 11 is 1.59. The Morgan fingerprint density at radius 1 is 1.23 bits per heavy atom. The molecule has 10 heteroatoms. The molecule has 1 amide bonds. The molecule has 1 aliphatic rings. The molecule has 1 aromatic heterocycles. The first kappa shape index (κ1) is 22.4. The van der Waals surface area contributed by atoms with E-state index in [1.54, 1.807) is 43.5 Å². The zero-order valence-electron chi connectivity index (χ0n) is 17.1. The maximum Gasteiger partial charge on any atom is 0.271 e. The van der Waals surface area contributed by atoms with Gasteiger partial charge in [0.15, 0.2) is 0 Å². The summed E-state index contributed by atoms with van der Waals surface area (Å²) in [6, 6.07) is 9.96. The van der Waals surface area contributed by atoms with Gasteiger partial charge in [0.05, 0.1) is 29.3 Å². The van der Waals surface area contributed by atoms with E-state index < -0.39 is 15.9 Å². The SMILES string of the molecule is CCN(CC)S(=O)(=O)c1cccc(C(=O)N/N=C/c2ccc(N3CCOCC3)s2)c1. The molecule has 2 heterocycles. The monoisotopic (exact) mass is 450 g/mol. The Kier molecular flexibility index (Phi) is 7.59. The Balaban J connectivity index is 1.65. The van der Waals surface area contributed by atoms with Crippen molar-refractivity contribution in [2.75, 3.05) is 44.3 Å². The van der Waals surface area contributed by atoms with Crippen LogP contribution in [0.3, 0.4) is 0 Å². The summed E-state index contributed by atoms with van der Waals surface area (Å²) in [5.74, 6) is -0.465. The Hall–Kier alpha value is -2.27. The van der Waals surface area contributed by atoms with Crippen molar-refractivity contribution in [1.82, 2.24) is 9.73 Å². The summed E-state index contributed by atoms with van der Waals surface area (Å²) in [5, 5.41) is 5.16. The number of hydrogen-bond donors (Lipinski definition) is 1. The van der Waals surface area contributed by atoms with Crippen molar-refractivity contribution in [3.05, 3.63) is 46.8 Å². The van der Waals surface area contributed by atoms with Crippen molar-refractivity contribution in [3.63, 3.8) is 0 Å². The van der Waals surface area contributed by atoms with Crippen molar-refractivity contribution in [1.29, 1.82) is 0 Å². The van der Waals surface area contributed by atoms with Crippen LogP contribution in [-0.2, 0) is 14.8 Å². The van der Waals surface area contributed by atoms with E-state index in [-0.39, 0.29) is 10.5 Å². The number of morpholine rings is 1. The van der Waals surface area contributed by atoms with Gasteiger partial charge in [0, 0.05) is 36.6 Å². The van der Waals surface area contributed by atoms with Crippen LogP contribution in [0.2, 0.25) is 0 Å². The summed E-state index contributed by atoms with van der Waals surface area (Å²) in [6.45, 7) is 7.46. The fourth-order valence-corrected chi connectivity index (χ4v) is 5.53. The zero-order valence-corrected chi connectivity index (χ0v) is 18.7. The topological polar surface area (TPSA) is 91.3 Å². The van der Waals surface area contributed by atoms with Crippen LogP contribution in [0, 0.1) is 0 Å². The van der Waals surface area contributed by atoms with Crippen molar-refractivity contribution in [2.24, 2.45) is 5.10 Å². The van der Waals surface area contributed by atoms with Crippen molar-refractivity contribution in [2.45, 2.75) is 18.7 Å². The van der Waals surface area contributed by atoms with Crippen LogP contribution < -0.4 is 10.3 Å². The maximum atomic E-state index is 12.7. The highest BCUT2D eigenvalue weighted by Gasteiger charge is 2.22. The highest BCUT2D eigenvalue weighted by Crippen LogP contribution is 2.25. The zero-order chi connectivity index (χ0) is 21.6. The van der Waals surface area contributed by atoms with Crippen molar-refractivity contribution in [3.8, 4) is 0 Å². The second kappa shape index (κ2) is 10.2. The largest absolute Gasteiger partial charge is 0.378 e. The summed E-state index contributed by atoms with van der Waals surface area (Å²) in [5.41, 5.74) is 2.70. The number of sulfonamides is 1. The number of hydrogen-bond acceptors (Lipinski definition) is 7. The number of thiophene rings is 1. The summed E-state index contributed by atoms with van der Waals surface area (Å²) in [4.78, 5) is 15.7. The molecule has 0 radical (unpaired) electrons. The molecule has 1 aromatic carbocycles. The van der Waals surface area contributed by atoms with Crippen molar-refractivity contribution < 1.29 is 17.9 Å². The molecule has 0 bridgehead atoms. The van der Waals surface area contributed by atoms with E-state index in [1.807, 2.05) is 12.1 Å². The van der Waals surface area contributed by atoms with Gasteiger partial charge in [0.25, 0.3) is 5.91 Å². The lowest BCUT2D eigenvalue weighted by Crippen LogP contribution is -2.35. The number of carbonyl (C=O) groups is 1. The fourth-order valence-electron chi connectivity index (χ4n) is 3.09. The molecule has 0 saturated carbocycles. The van der Waals surface area contributed by atoms with Crippen LogP contribution in [0.4, 0.5) is 5.00 Å². The molecule has 1 fully saturated rings. The number of rotatable bonds is 8. The molecular weight excluding hydrogens is 424 g/mol. The lowest BCUT2D eigenvalue weighted by molar-refractivity contribution is 0.0955. The lowest BCUT2D eigenvalue weighted by atomic mass is 10.2. The van der Waals surface area contributed by atoms with E-state index in [1.165, 1.54) is 16.4 Å². The van der Waals surface area contributed by atoms with Crippen LogP contribution >= 0.6 is 11.3 Å². The number of benzene rings is 1. The Bertz CT molecular complexity index is 994. The van der Waals surface area contributed by atoms with Gasteiger partial charge in [-0.25, -0.2) is 13.8 Å². The van der Waals surface area contributed by atoms with Gasteiger partial charge in [-0.15, -0.1) is 11.3 Å². The number of hydrazone groups is 1. The third kappa shape index (κ3) is 5.25. The molecule has 0 atom stereocenters. The molecule has 1 aliphatic heterocycles. The highest BCUT2D eigenvalue weighted by atomic mass is 32.2. The van der Waals surface area contributed by atoms with E-state index >= 15 is 0 Å². The van der Waals surface area contributed by atoms with E-state index in [2.05, 4.69) is 15.4 Å². The second-order valence-electron chi connectivity index (χ2n) is 6.59. The second-order valence-corrected chi connectivity index (χ2v) is 9.62. The first-order chi connectivity index (χ1) is 14.5. The minimum atomic E-state index is -3.63. The molecule has 1 N–H and O–H groups in total. The van der Waals surface area contributed by atoms with Crippen LogP contribution in [0.5, 0.6) is 0 Å². The van der Waals surface area contributed by atoms with Crippen LogP contribution in [0.25, 0.3) is 0 Å². The smallest absolute Gasteiger partial charge is 0.271 e. The van der Waals surface area contributed by atoms with Gasteiger partial charge < -0.3 is 9.64 Å². The minimum absolute atomic E-state index is 0.0937. The Morgan fingerprint density at radius 2 is 1.97 bits per heavy atom. The van der Waals surface area contributed by atoms with E-state index in [0.717, 1.165) is 36.2 Å². The quantitative estimate of drug-likeness (QED) is 0.493. The normalized spacial score (nSPS) is 15.1. The first-order valence-electron chi connectivity index (χ1n) is 9.82. The summed E-state index contributed by atoms with van der Waals surface area (Å²) in [6.07, 6.45) is 1.59. The standard InChI is InChI=1S/C20H26N4O4S2/c1-3-24(4-2)30(26,27)18-7-5-6-16(14-18)20(25)22-21-15-17-8-9-19(29-17)23-10-12-28-13-11-23/h5-9,14-15H,3-4,10-13H2,1-2H3,(H,22,25)/b21-15+. The van der Waals surface area contributed by atoms with Crippen molar-refractivity contribution >= 4 is 38.5 Å². The predicted octanol–water partition coefficient (Wildman–Crippen LogP) is 2.38. The minimum Gasteiger partial charge on any atom is -0.378 e. The summed E-state index contributed by atoms with van der Waals surface area (Å²) < 4.78 is 32.0. The number of nitrogens with one attached hydrogen (secondary N) is 1. The third-order valence-electron chi connectivity index (χ3n) is 4.73. The van der Waals surface area contributed by atoms with Crippen LogP contribution in [0.1, 0.15) is 29.1 Å². The molecule has 162 valence electrons. The van der Waals surface area contributed by atoms with Gasteiger partial charge in [-0.1, -0.05) is 19.9 Å². The number of amides is 1. The van der Waals surface area contributed by atoms with E-state index in [0.29, 0.717) is 13.1 Å². The third-order valence-corrected chi connectivity index (χ3v) is 7.86. The van der Waals surface area contributed by atoms with E-state index in [4.69, 9.17) is 4.74 Å². The molecule has 0 aliphatic carbocycles. The van der Waals surface area contributed by atoms with Gasteiger partial charge in [-0.05, 0) is 30.3 Å². The molecule has 8 nitrogen and oxygen atoms in total. The van der Waals surface area contributed by atoms with Gasteiger partial charge >= 0.3 is 0 Å². The number of carbonyl (C=O) groups excluding carboxylic acids is 1. The lowest BCUT2D eigenvalue weighted by Gasteiger charge is -2.27. The van der Waals surface area contributed by atoms with Crippen LogP contribution in [0.15, 0.2) is 46.4 Å². The highest BCUT2D eigenvalue weighted by molar-refractivity contribution is 7.89. The van der Waals surface area contributed by atoms with Gasteiger partial charge in [-0.3, -0.25) is 4.79 Å². The Morgan fingerprint density at radius 3 is 2.67 bits per heavy atom. The van der Waals surface area contributed by atoms with E-state index in [9.17, 15) is 13.2 Å².